The molecule has 2 heterocycles. The highest BCUT2D eigenvalue weighted by Gasteiger charge is 2.14. The molecule has 0 aliphatic carbocycles. The van der Waals surface area contributed by atoms with Gasteiger partial charge in [-0.3, -0.25) is 0 Å². The predicted molar refractivity (Wildman–Crippen MR) is 62.5 cm³/mol. The molecular formula is C11H18N4O. The molecule has 1 N–H and O–H groups in total. The first kappa shape index (κ1) is 11.3. The molecule has 1 atom stereocenters. The van der Waals surface area contributed by atoms with Crippen LogP contribution in [0.2, 0.25) is 0 Å². The maximum Gasteiger partial charge on any atom is 0.225 e. The smallest absolute Gasteiger partial charge is 0.225 e. The molecule has 88 valence electrons. The maximum absolute atomic E-state index is 5.31. The fourth-order valence-electron chi connectivity index (χ4n) is 1.67. The van der Waals surface area contributed by atoms with Gasteiger partial charge in [-0.1, -0.05) is 0 Å². The van der Waals surface area contributed by atoms with Crippen molar-refractivity contribution in [2.75, 3.05) is 38.3 Å². The van der Waals surface area contributed by atoms with Crippen LogP contribution in [0, 0.1) is 0 Å². The van der Waals surface area contributed by atoms with Gasteiger partial charge in [0.1, 0.15) is 0 Å². The van der Waals surface area contributed by atoms with E-state index in [0.29, 0.717) is 0 Å². The van der Waals surface area contributed by atoms with Crippen molar-refractivity contribution >= 4 is 5.95 Å². The van der Waals surface area contributed by atoms with Crippen molar-refractivity contribution in [1.29, 1.82) is 0 Å². The van der Waals surface area contributed by atoms with E-state index in [-0.39, 0.29) is 6.04 Å². The van der Waals surface area contributed by atoms with Gasteiger partial charge in [0.15, 0.2) is 0 Å². The van der Waals surface area contributed by atoms with E-state index in [0.717, 1.165) is 37.9 Å². The lowest BCUT2D eigenvalue weighted by molar-refractivity contribution is 0.122. The normalized spacial score (nSPS) is 18.5. The van der Waals surface area contributed by atoms with Gasteiger partial charge in [-0.15, -0.1) is 0 Å². The Morgan fingerprint density at radius 3 is 2.88 bits per heavy atom. The first-order valence-corrected chi connectivity index (χ1v) is 5.64. The standard InChI is InChI=1S/C11H18N4O/c1-9(12-2)10-3-4-13-11(14-10)15-5-7-16-8-6-15/h3-4,9,12H,5-8H2,1-2H3. The van der Waals surface area contributed by atoms with Crippen LogP contribution >= 0.6 is 0 Å². The Morgan fingerprint density at radius 2 is 2.19 bits per heavy atom. The average Bonchev–Trinajstić information content (AvgIpc) is 2.39. The van der Waals surface area contributed by atoms with Crippen LogP contribution in [0.15, 0.2) is 12.3 Å². The molecule has 0 saturated carbocycles. The number of hydrogen-bond donors (Lipinski definition) is 1. The number of nitrogens with one attached hydrogen (secondary N) is 1. The molecule has 1 fully saturated rings. The third-order valence-electron chi connectivity index (χ3n) is 2.83. The van der Waals surface area contributed by atoms with E-state index >= 15 is 0 Å². The summed E-state index contributed by atoms with van der Waals surface area (Å²) in [7, 11) is 1.93. The van der Waals surface area contributed by atoms with Gasteiger partial charge in [0.05, 0.1) is 18.9 Å². The van der Waals surface area contributed by atoms with Gasteiger partial charge in [0.2, 0.25) is 5.95 Å². The Balaban J connectivity index is 2.14. The monoisotopic (exact) mass is 222 g/mol. The van der Waals surface area contributed by atoms with Crippen molar-refractivity contribution in [3.63, 3.8) is 0 Å². The van der Waals surface area contributed by atoms with Gasteiger partial charge in [0.25, 0.3) is 0 Å². The second-order valence-electron chi connectivity index (χ2n) is 3.89. The molecule has 16 heavy (non-hydrogen) atoms. The summed E-state index contributed by atoms with van der Waals surface area (Å²) in [4.78, 5) is 11.0. The Labute approximate surface area is 95.8 Å². The van der Waals surface area contributed by atoms with Crippen LogP contribution in [0.5, 0.6) is 0 Å². The van der Waals surface area contributed by atoms with Crippen LogP contribution < -0.4 is 10.2 Å². The predicted octanol–water partition coefficient (Wildman–Crippen LogP) is 0.594. The van der Waals surface area contributed by atoms with Gasteiger partial charge in [-0.2, -0.15) is 0 Å². The van der Waals surface area contributed by atoms with Crippen molar-refractivity contribution in [2.24, 2.45) is 0 Å². The van der Waals surface area contributed by atoms with E-state index in [1.807, 2.05) is 19.3 Å². The van der Waals surface area contributed by atoms with Crippen LogP contribution in [0.25, 0.3) is 0 Å². The molecule has 1 aromatic rings. The molecular weight excluding hydrogens is 204 g/mol. The number of rotatable bonds is 3. The minimum Gasteiger partial charge on any atom is -0.378 e. The Hall–Kier alpha value is -1.20. The van der Waals surface area contributed by atoms with Gasteiger partial charge in [0, 0.05) is 25.3 Å². The molecule has 1 unspecified atom stereocenters. The van der Waals surface area contributed by atoms with E-state index in [2.05, 4.69) is 27.1 Å². The molecule has 0 bridgehead atoms. The fraction of sp³-hybridized carbons (Fsp3) is 0.636. The number of anilines is 1. The van der Waals surface area contributed by atoms with Crippen LogP contribution in [-0.2, 0) is 4.74 Å². The molecule has 0 aromatic carbocycles. The molecule has 0 amide bonds. The van der Waals surface area contributed by atoms with Crippen molar-refractivity contribution in [3.8, 4) is 0 Å². The van der Waals surface area contributed by atoms with Crippen molar-refractivity contribution in [2.45, 2.75) is 13.0 Å². The molecule has 5 heteroatoms. The van der Waals surface area contributed by atoms with Crippen molar-refractivity contribution in [3.05, 3.63) is 18.0 Å². The molecule has 0 spiro atoms. The summed E-state index contributed by atoms with van der Waals surface area (Å²) in [5, 5.41) is 3.18. The molecule has 2 rings (SSSR count). The lowest BCUT2D eigenvalue weighted by Gasteiger charge is -2.27. The van der Waals surface area contributed by atoms with Crippen molar-refractivity contribution < 1.29 is 4.74 Å². The summed E-state index contributed by atoms with van der Waals surface area (Å²) < 4.78 is 5.31. The summed E-state index contributed by atoms with van der Waals surface area (Å²) in [5.74, 6) is 0.808. The first-order valence-electron chi connectivity index (χ1n) is 5.64. The zero-order valence-electron chi connectivity index (χ0n) is 9.81. The number of ether oxygens (including phenoxy) is 1. The number of nitrogens with zero attached hydrogens (tertiary/aromatic N) is 3. The van der Waals surface area contributed by atoms with Crippen molar-refractivity contribution in [1.82, 2.24) is 15.3 Å². The second kappa shape index (κ2) is 5.23. The third-order valence-corrected chi connectivity index (χ3v) is 2.83. The molecule has 1 saturated heterocycles. The van der Waals surface area contributed by atoms with Crippen LogP contribution in [-0.4, -0.2) is 43.3 Å². The SMILES string of the molecule is CNC(C)c1ccnc(N2CCOCC2)n1. The summed E-state index contributed by atoms with van der Waals surface area (Å²) in [6.45, 7) is 5.35. The highest BCUT2D eigenvalue weighted by atomic mass is 16.5. The summed E-state index contributed by atoms with van der Waals surface area (Å²) in [6, 6.07) is 2.20. The summed E-state index contributed by atoms with van der Waals surface area (Å²) in [5.41, 5.74) is 1.03. The number of morpholine rings is 1. The largest absolute Gasteiger partial charge is 0.378 e. The first-order chi connectivity index (χ1) is 7.81. The highest BCUT2D eigenvalue weighted by Crippen LogP contribution is 2.13. The fourth-order valence-corrected chi connectivity index (χ4v) is 1.67. The number of hydrogen-bond acceptors (Lipinski definition) is 5. The summed E-state index contributed by atoms with van der Waals surface area (Å²) in [6.07, 6.45) is 1.82. The number of aromatic nitrogens is 2. The Morgan fingerprint density at radius 1 is 1.44 bits per heavy atom. The molecule has 0 radical (unpaired) electrons. The van der Waals surface area contributed by atoms with E-state index < -0.39 is 0 Å². The average molecular weight is 222 g/mol. The molecule has 1 aromatic heterocycles. The van der Waals surface area contributed by atoms with E-state index in [1.165, 1.54) is 0 Å². The zero-order valence-corrected chi connectivity index (χ0v) is 9.81. The molecule has 1 aliphatic heterocycles. The summed E-state index contributed by atoms with van der Waals surface area (Å²) >= 11 is 0. The van der Waals surface area contributed by atoms with E-state index in [9.17, 15) is 0 Å². The molecule has 5 nitrogen and oxygen atoms in total. The lowest BCUT2D eigenvalue weighted by Crippen LogP contribution is -2.37. The highest BCUT2D eigenvalue weighted by molar-refractivity contribution is 5.31. The Bertz CT molecular complexity index is 339. The molecule has 1 aliphatic rings. The van der Waals surface area contributed by atoms with Gasteiger partial charge >= 0.3 is 0 Å². The van der Waals surface area contributed by atoms with E-state index in [1.54, 1.807) is 0 Å². The second-order valence-corrected chi connectivity index (χ2v) is 3.89. The van der Waals surface area contributed by atoms with E-state index in [4.69, 9.17) is 4.74 Å². The quantitative estimate of drug-likeness (QED) is 0.811. The van der Waals surface area contributed by atoms with Gasteiger partial charge < -0.3 is 15.0 Å². The van der Waals surface area contributed by atoms with Gasteiger partial charge in [-0.25, -0.2) is 9.97 Å². The minimum absolute atomic E-state index is 0.253. The van der Waals surface area contributed by atoms with Crippen LogP contribution in [0.4, 0.5) is 5.95 Å². The maximum atomic E-state index is 5.31. The lowest BCUT2D eigenvalue weighted by atomic mass is 10.2. The Kier molecular flexibility index (Phi) is 3.69. The minimum atomic E-state index is 0.253. The zero-order chi connectivity index (χ0) is 11.4. The van der Waals surface area contributed by atoms with Crippen LogP contribution in [0.3, 0.4) is 0 Å². The third kappa shape index (κ3) is 2.48. The van der Waals surface area contributed by atoms with Crippen LogP contribution in [0.1, 0.15) is 18.7 Å². The topological polar surface area (TPSA) is 50.3 Å². The van der Waals surface area contributed by atoms with Gasteiger partial charge in [-0.05, 0) is 20.0 Å².